The zero-order valence-electron chi connectivity index (χ0n) is 25.1. The number of benzene rings is 5. The van der Waals surface area contributed by atoms with Crippen molar-refractivity contribution in [3.63, 3.8) is 0 Å². The lowest BCUT2D eigenvalue weighted by atomic mass is 10.1. The lowest BCUT2D eigenvalue weighted by molar-refractivity contribution is 0.661. The highest BCUT2D eigenvalue weighted by Gasteiger charge is 2.17. The third-order valence-electron chi connectivity index (χ3n) is 8.41. The van der Waals surface area contributed by atoms with Crippen LogP contribution in [0.3, 0.4) is 0 Å². The highest BCUT2D eigenvalue weighted by molar-refractivity contribution is 7.18. The maximum Gasteiger partial charge on any atom is 0.160 e. The SMILES string of the molecule is CCCCn1c2ccc(-c3ccc(-c4ccc(N(c5ccccc5)c5ccccc5)cc4)s3)cc2c2nc3ccccc3nc21. The second kappa shape index (κ2) is 11.7. The molecular weight excluding hydrogens is 569 g/mol. The third-order valence-corrected chi connectivity index (χ3v) is 9.60. The largest absolute Gasteiger partial charge is 0.324 e. The first-order chi connectivity index (χ1) is 22.3. The second-order valence-corrected chi connectivity index (χ2v) is 12.4. The Bertz CT molecular complexity index is 2210. The van der Waals surface area contributed by atoms with Crippen LogP contribution < -0.4 is 4.90 Å². The summed E-state index contributed by atoms with van der Waals surface area (Å²) in [5.41, 5.74) is 10.9. The summed E-state index contributed by atoms with van der Waals surface area (Å²) >= 11 is 1.83. The van der Waals surface area contributed by atoms with Gasteiger partial charge in [-0.15, -0.1) is 11.3 Å². The van der Waals surface area contributed by atoms with Gasteiger partial charge in [0.25, 0.3) is 0 Å². The molecule has 4 nitrogen and oxygen atoms in total. The van der Waals surface area contributed by atoms with E-state index in [0.717, 1.165) is 64.0 Å². The molecule has 45 heavy (non-hydrogen) atoms. The molecule has 5 aromatic carbocycles. The number of para-hydroxylation sites is 4. The first-order valence-electron chi connectivity index (χ1n) is 15.6. The summed E-state index contributed by atoms with van der Waals surface area (Å²) in [7, 11) is 0. The fraction of sp³-hybridized carbons (Fsp3) is 0.100. The van der Waals surface area contributed by atoms with Gasteiger partial charge in [-0.1, -0.05) is 80.1 Å². The Morgan fingerprint density at radius 1 is 0.600 bits per heavy atom. The number of nitrogens with zero attached hydrogens (tertiary/aromatic N) is 4. The number of rotatable bonds is 8. The van der Waals surface area contributed by atoms with Crippen LogP contribution in [0.15, 0.2) is 140 Å². The molecule has 0 spiro atoms. The van der Waals surface area contributed by atoms with Crippen LogP contribution in [0.4, 0.5) is 17.1 Å². The summed E-state index contributed by atoms with van der Waals surface area (Å²) in [6, 6.07) is 49.4. The molecule has 218 valence electrons. The van der Waals surface area contributed by atoms with Crippen molar-refractivity contribution >= 4 is 61.5 Å². The molecule has 0 bridgehead atoms. The molecule has 0 saturated carbocycles. The molecule has 0 fully saturated rings. The minimum Gasteiger partial charge on any atom is -0.324 e. The van der Waals surface area contributed by atoms with Crippen molar-refractivity contribution < 1.29 is 0 Å². The van der Waals surface area contributed by atoms with Gasteiger partial charge in [-0.05, 0) is 90.3 Å². The molecule has 0 N–H and O–H groups in total. The molecule has 0 radical (unpaired) electrons. The van der Waals surface area contributed by atoms with Crippen LogP contribution in [0.1, 0.15) is 19.8 Å². The van der Waals surface area contributed by atoms with Crippen LogP contribution in [-0.4, -0.2) is 14.5 Å². The maximum absolute atomic E-state index is 5.10. The summed E-state index contributed by atoms with van der Waals surface area (Å²) in [6.07, 6.45) is 2.24. The maximum atomic E-state index is 5.10. The molecule has 0 aliphatic heterocycles. The van der Waals surface area contributed by atoms with Gasteiger partial charge in [-0.2, -0.15) is 0 Å². The van der Waals surface area contributed by atoms with E-state index in [1.54, 1.807) is 0 Å². The monoisotopic (exact) mass is 600 g/mol. The highest BCUT2D eigenvalue weighted by Crippen LogP contribution is 2.40. The van der Waals surface area contributed by atoms with Gasteiger partial charge in [-0.25, -0.2) is 9.97 Å². The Hall–Kier alpha value is -5.26. The van der Waals surface area contributed by atoms with Crippen LogP contribution in [0, 0.1) is 0 Å². The molecule has 3 aromatic heterocycles. The summed E-state index contributed by atoms with van der Waals surface area (Å²) in [5.74, 6) is 0. The zero-order valence-corrected chi connectivity index (χ0v) is 25.9. The van der Waals surface area contributed by atoms with E-state index in [4.69, 9.17) is 9.97 Å². The van der Waals surface area contributed by atoms with Gasteiger partial charge in [0.1, 0.15) is 5.52 Å². The summed E-state index contributed by atoms with van der Waals surface area (Å²) in [4.78, 5) is 15.0. The summed E-state index contributed by atoms with van der Waals surface area (Å²) < 4.78 is 2.35. The van der Waals surface area contributed by atoms with Crippen LogP contribution in [-0.2, 0) is 6.54 Å². The molecule has 0 saturated heterocycles. The van der Waals surface area contributed by atoms with Crippen LogP contribution in [0.5, 0.6) is 0 Å². The molecule has 0 unspecified atom stereocenters. The molecule has 8 rings (SSSR count). The predicted molar refractivity (Wildman–Crippen MR) is 191 cm³/mol. The first kappa shape index (κ1) is 27.3. The molecule has 0 amide bonds. The Labute approximate surface area is 266 Å². The number of hydrogen-bond acceptors (Lipinski definition) is 4. The fourth-order valence-corrected chi connectivity index (χ4v) is 7.16. The fourth-order valence-electron chi connectivity index (χ4n) is 6.15. The number of hydrogen-bond donors (Lipinski definition) is 0. The van der Waals surface area contributed by atoms with E-state index in [1.165, 1.54) is 26.4 Å². The Morgan fingerprint density at radius 3 is 1.84 bits per heavy atom. The van der Waals surface area contributed by atoms with Gasteiger partial charge >= 0.3 is 0 Å². The summed E-state index contributed by atoms with van der Waals surface area (Å²) in [6.45, 7) is 3.17. The number of aromatic nitrogens is 3. The van der Waals surface area contributed by atoms with Crippen LogP contribution in [0.25, 0.3) is 54.0 Å². The molecule has 0 aliphatic rings. The van der Waals surface area contributed by atoms with Crippen molar-refractivity contribution in [2.75, 3.05) is 4.90 Å². The van der Waals surface area contributed by atoms with Gasteiger partial charge in [0, 0.05) is 38.7 Å². The minimum atomic E-state index is 0.935. The lowest BCUT2D eigenvalue weighted by Crippen LogP contribution is -2.09. The Kier molecular flexibility index (Phi) is 7.08. The average Bonchev–Trinajstić information content (AvgIpc) is 3.71. The van der Waals surface area contributed by atoms with E-state index in [0.29, 0.717) is 0 Å². The lowest BCUT2D eigenvalue weighted by Gasteiger charge is -2.25. The highest BCUT2D eigenvalue weighted by atomic mass is 32.1. The van der Waals surface area contributed by atoms with E-state index in [2.05, 4.69) is 144 Å². The topological polar surface area (TPSA) is 34.0 Å². The normalized spacial score (nSPS) is 11.5. The van der Waals surface area contributed by atoms with Crippen molar-refractivity contribution in [3.05, 3.63) is 140 Å². The van der Waals surface area contributed by atoms with Gasteiger partial charge in [-0.3, -0.25) is 0 Å². The van der Waals surface area contributed by atoms with E-state index in [-0.39, 0.29) is 0 Å². The van der Waals surface area contributed by atoms with E-state index in [1.807, 2.05) is 23.5 Å². The Balaban J connectivity index is 1.15. The number of thiophene rings is 1. The molecule has 3 heterocycles. The molecular formula is C40H32N4S. The molecule has 5 heteroatoms. The van der Waals surface area contributed by atoms with Gasteiger partial charge in [0.15, 0.2) is 5.65 Å². The van der Waals surface area contributed by atoms with Crippen molar-refractivity contribution in [3.8, 4) is 20.9 Å². The Morgan fingerprint density at radius 2 is 1.18 bits per heavy atom. The van der Waals surface area contributed by atoms with Gasteiger partial charge < -0.3 is 9.47 Å². The van der Waals surface area contributed by atoms with Gasteiger partial charge in [0.05, 0.1) is 16.6 Å². The summed E-state index contributed by atoms with van der Waals surface area (Å²) in [5, 5.41) is 1.16. The predicted octanol–water partition coefficient (Wildman–Crippen LogP) is 11.4. The quantitative estimate of drug-likeness (QED) is 0.174. The zero-order chi connectivity index (χ0) is 30.2. The van der Waals surface area contributed by atoms with Crippen molar-refractivity contribution in [2.24, 2.45) is 0 Å². The number of unbranched alkanes of at least 4 members (excludes halogenated alkanes) is 1. The second-order valence-electron chi connectivity index (χ2n) is 11.3. The van der Waals surface area contributed by atoms with E-state index in [9.17, 15) is 0 Å². The van der Waals surface area contributed by atoms with Crippen molar-refractivity contribution in [2.45, 2.75) is 26.3 Å². The number of fused-ring (bicyclic) bond motifs is 4. The number of anilines is 3. The van der Waals surface area contributed by atoms with Gasteiger partial charge in [0.2, 0.25) is 0 Å². The smallest absolute Gasteiger partial charge is 0.160 e. The van der Waals surface area contributed by atoms with E-state index >= 15 is 0 Å². The molecule has 0 aliphatic carbocycles. The van der Waals surface area contributed by atoms with Crippen LogP contribution >= 0.6 is 11.3 Å². The standard InChI is InChI=1S/C40H32N4S/c1-2-3-26-43-36-23-20-29(27-33(36)39-40(43)42-35-17-11-10-16-34(35)41-39)38-25-24-37(45-38)28-18-21-32(22-19-28)44(30-12-6-4-7-13-30)31-14-8-5-9-15-31/h4-25,27H,2-3,26H2,1H3. The molecule has 0 atom stereocenters. The van der Waals surface area contributed by atoms with Crippen molar-refractivity contribution in [1.29, 1.82) is 0 Å². The first-order valence-corrected chi connectivity index (χ1v) is 16.4. The molecule has 8 aromatic rings. The third kappa shape index (κ3) is 5.05. The van der Waals surface area contributed by atoms with Crippen LogP contribution in [0.2, 0.25) is 0 Å². The van der Waals surface area contributed by atoms with E-state index < -0.39 is 0 Å². The average molecular weight is 601 g/mol. The van der Waals surface area contributed by atoms with Crippen molar-refractivity contribution in [1.82, 2.24) is 14.5 Å². The number of aryl methyl sites for hydroxylation is 1. The minimum absolute atomic E-state index is 0.935.